The van der Waals surface area contributed by atoms with E-state index in [9.17, 15) is 4.79 Å². The topological polar surface area (TPSA) is 49.3 Å². The van der Waals surface area contributed by atoms with Crippen molar-refractivity contribution in [1.29, 1.82) is 0 Å². The van der Waals surface area contributed by atoms with E-state index >= 15 is 0 Å². The van der Waals surface area contributed by atoms with E-state index in [1.165, 1.54) is 19.3 Å². The summed E-state index contributed by atoms with van der Waals surface area (Å²) in [6, 6.07) is -0.498. The molecule has 76 valence electrons. The first-order valence-electron chi connectivity index (χ1n) is 4.82. The summed E-state index contributed by atoms with van der Waals surface area (Å²) in [5.41, 5.74) is 0. The maximum Gasteiger partial charge on any atom is 0.325 e. The van der Waals surface area contributed by atoms with Crippen LogP contribution in [0.15, 0.2) is 12.3 Å². The molecule has 1 atom stereocenters. The summed E-state index contributed by atoms with van der Waals surface area (Å²) in [6.45, 7) is 3.78. The lowest BCUT2D eigenvalue weighted by Crippen LogP contribution is -2.29. The van der Waals surface area contributed by atoms with E-state index in [1.807, 2.05) is 6.08 Å². The molecule has 0 heterocycles. The third-order valence-corrected chi connectivity index (χ3v) is 1.81. The van der Waals surface area contributed by atoms with Crippen LogP contribution in [0.4, 0.5) is 0 Å². The van der Waals surface area contributed by atoms with Gasteiger partial charge in [0.2, 0.25) is 0 Å². The fourth-order valence-corrected chi connectivity index (χ4v) is 0.879. The zero-order valence-electron chi connectivity index (χ0n) is 8.42. The standard InChI is InChI=1S/C10H19NO2/c1-3-4-5-6-7-8-11-9(2)10(12)13/h7-9,11H,3-6H2,1-2H3,(H,12,13)/t9-/m1/s1. The smallest absolute Gasteiger partial charge is 0.325 e. The van der Waals surface area contributed by atoms with Crippen LogP contribution in [0.1, 0.15) is 39.5 Å². The zero-order valence-corrected chi connectivity index (χ0v) is 8.42. The monoisotopic (exact) mass is 185 g/mol. The second kappa shape index (κ2) is 7.65. The van der Waals surface area contributed by atoms with E-state index in [0.717, 1.165) is 6.42 Å². The summed E-state index contributed by atoms with van der Waals surface area (Å²) in [7, 11) is 0. The van der Waals surface area contributed by atoms with Gasteiger partial charge in [-0.25, -0.2) is 0 Å². The summed E-state index contributed by atoms with van der Waals surface area (Å²) in [4.78, 5) is 10.4. The predicted molar refractivity (Wildman–Crippen MR) is 53.5 cm³/mol. The fraction of sp³-hybridized carbons (Fsp3) is 0.700. The van der Waals surface area contributed by atoms with E-state index in [4.69, 9.17) is 5.11 Å². The van der Waals surface area contributed by atoms with Gasteiger partial charge in [-0.2, -0.15) is 0 Å². The number of allylic oxidation sites excluding steroid dienone is 1. The SMILES string of the molecule is CCCCCC=CN[C@H](C)C(=O)O. The average Bonchev–Trinajstić information content (AvgIpc) is 2.10. The average molecular weight is 185 g/mol. The number of unbranched alkanes of at least 4 members (excludes halogenated alkanes) is 3. The molecule has 0 aromatic rings. The maximum atomic E-state index is 10.4. The van der Waals surface area contributed by atoms with Gasteiger partial charge in [-0.15, -0.1) is 0 Å². The van der Waals surface area contributed by atoms with E-state index < -0.39 is 12.0 Å². The molecule has 0 saturated heterocycles. The van der Waals surface area contributed by atoms with Crippen molar-refractivity contribution in [2.45, 2.75) is 45.6 Å². The Hall–Kier alpha value is -0.990. The number of aliphatic carboxylic acids is 1. The molecule has 0 aromatic carbocycles. The van der Waals surface area contributed by atoms with Crippen LogP contribution in [0.25, 0.3) is 0 Å². The summed E-state index contributed by atoms with van der Waals surface area (Å²) in [5.74, 6) is -0.821. The first-order chi connectivity index (χ1) is 6.18. The summed E-state index contributed by atoms with van der Waals surface area (Å²) >= 11 is 0. The van der Waals surface area contributed by atoms with Crippen molar-refractivity contribution in [1.82, 2.24) is 5.32 Å². The van der Waals surface area contributed by atoms with Crippen molar-refractivity contribution in [2.24, 2.45) is 0 Å². The van der Waals surface area contributed by atoms with Crippen LogP contribution < -0.4 is 5.32 Å². The zero-order chi connectivity index (χ0) is 10.1. The number of carboxylic acid groups (broad SMARTS) is 1. The molecule has 13 heavy (non-hydrogen) atoms. The second-order valence-corrected chi connectivity index (χ2v) is 3.12. The molecule has 0 aliphatic carbocycles. The van der Waals surface area contributed by atoms with Gasteiger partial charge in [0.05, 0.1) is 0 Å². The van der Waals surface area contributed by atoms with Gasteiger partial charge in [0.15, 0.2) is 0 Å². The maximum absolute atomic E-state index is 10.4. The molecule has 0 fully saturated rings. The normalized spacial score (nSPS) is 13.1. The van der Waals surface area contributed by atoms with Crippen molar-refractivity contribution in [2.75, 3.05) is 0 Å². The highest BCUT2D eigenvalue weighted by Crippen LogP contribution is 1.98. The molecule has 0 radical (unpaired) electrons. The number of hydrogen-bond acceptors (Lipinski definition) is 2. The van der Waals surface area contributed by atoms with Gasteiger partial charge in [0, 0.05) is 0 Å². The Balaban J connectivity index is 3.35. The van der Waals surface area contributed by atoms with Gasteiger partial charge in [0.25, 0.3) is 0 Å². The molecule has 0 unspecified atom stereocenters. The third kappa shape index (κ3) is 7.37. The van der Waals surface area contributed by atoms with E-state index in [2.05, 4.69) is 12.2 Å². The van der Waals surface area contributed by atoms with Gasteiger partial charge in [0.1, 0.15) is 6.04 Å². The lowest BCUT2D eigenvalue weighted by molar-refractivity contribution is -0.138. The van der Waals surface area contributed by atoms with Crippen molar-refractivity contribution in [3.63, 3.8) is 0 Å². The van der Waals surface area contributed by atoms with Gasteiger partial charge >= 0.3 is 5.97 Å². The van der Waals surface area contributed by atoms with Crippen LogP contribution in [0.5, 0.6) is 0 Å². The first kappa shape index (κ1) is 12.0. The molecule has 0 amide bonds. The van der Waals surface area contributed by atoms with Crippen LogP contribution in [0, 0.1) is 0 Å². The number of rotatable bonds is 7. The lowest BCUT2D eigenvalue weighted by atomic mass is 10.2. The Morgan fingerprint density at radius 1 is 1.54 bits per heavy atom. The molecular weight excluding hydrogens is 166 g/mol. The van der Waals surface area contributed by atoms with E-state index in [1.54, 1.807) is 13.1 Å². The Kier molecular flexibility index (Phi) is 7.07. The summed E-state index contributed by atoms with van der Waals surface area (Å²) < 4.78 is 0. The minimum atomic E-state index is -0.821. The number of carbonyl (C=O) groups is 1. The van der Waals surface area contributed by atoms with Crippen molar-refractivity contribution in [3.8, 4) is 0 Å². The molecule has 3 heteroatoms. The largest absolute Gasteiger partial charge is 0.480 e. The van der Waals surface area contributed by atoms with Crippen LogP contribution in [0.2, 0.25) is 0 Å². The molecule has 3 nitrogen and oxygen atoms in total. The Labute approximate surface area is 79.8 Å². The minimum absolute atomic E-state index is 0.498. The van der Waals surface area contributed by atoms with Crippen LogP contribution in [-0.2, 0) is 4.79 Å². The highest BCUT2D eigenvalue weighted by Gasteiger charge is 2.05. The molecule has 0 spiro atoms. The third-order valence-electron chi connectivity index (χ3n) is 1.81. The fourth-order valence-electron chi connectivity index (χ4n) is 0.879. The van der Waals surface area contributed by atoms with Crippen molar-refractivity contribution < 1.29 is 9.90 Å². The Morgan fingerprint density at radius 3 is 2.77 bits per heavy atom. The Morgan fingerprint density at radius 2 is 2.23 bits per heavy atom. The van der Waals surface area contributed by atoms with Crippen molar-refractivity contribution in [3.05, 3.63) is 12.3 Å². The highest BCUT2D eigenvalue weighted by atomic mass is 16.4. The number of hydrogen-bond donors (Lipinski definition) is 2. The Bertz CT molecular complexity index is 166. The van der Waals surface area contributed by atoms with Gasteiger partial charge in [-0.3, -0.25) is 4.79 Å². The van der Waals surface area contributed by atoms with Crippen LogP contribution >= 0.6 is 0 Å². The van der Waals surface area contributed by atoms with E-state index in [0.29, 0.717) is 0 Å². The second-order valence-electron chi connectivity index (χ2n) is 3.12. The lowest BCUT2D eigenvalue weighted by Gasteiger charge is -2.04. The molecule has 0 saturated carbocycles. The molecule has 0 bridgehead atoms. The molecule has 0 aromatic heterocycles. The number of nitrogens with one attached hydrogen (secondary N) is 1. The van der Waals surface area contributed by atoms with Crippen LogP contribution in [-0.4, -0.2) is 17.1 Å². The van der Waals surface area contributed by atoms with E-state index in [-0.39, 0.29) is 0 Å². The first-order valence-corrected chi connectivity index (χ1v) is 4.82. The van der Waals surface area contributed by atoms with Gasteiger partial charge < -0.3 is 10.4 Å². The molecule has 0 aliphatic heterocycles. The minimum Gasteiger partial charge on any atom is -0.480 e. The molecule has 0 aliphatic rings. The van der Waals surface area contributed by atoms with Crippen LogP contribution in [0.3, 0.4) is 0 Å². The predicted octanol–water partition coefficient (Wildman–Crippen LogP) is 2.14. The van der Waals surface area contributed by atoms with Crippen molar-refractivity contribution >= 4 is 5.97 Å². The van der Waals surface area contributed by atoms with Gasteiger partial charge in [-0.05, 0) is 26.0 Å². The quantitative estimate of drug-likeness (QED) is 0.597. The summed E-state index contributed by atoms with van der Waals surface area (Å²) in [6.07, 6.45) is 8.36. The summed E-state index contributed by atoms with van der Waals surface area (Å²) in [5, 5.41) is 11.3. The molecule has 2 N–H and O–H groups in total. The molecular formula is C10H19NO2. The van der Waals surface area contributed by atoms with Gasteiger partial charge in [-0.1, -0.05) is 25.8 Å². The molecule has 0 rings (SSSR count). The number of carboxylic acids is 1. The highest BCUT2D eigenvalue weighted by molar-refractivity contribution is 5.72.